The van der Waals surface area contributed by atoms with Gasteiger partial charge < -0.3 is 9.47 Å². The first-order valence-corrected chi connectivity index (χ1v) is 9.66. The van der Waals surface area contributed by atoms with Crippen LogP contribution in [0.4, 0.5) is 5.69 Å². The molecule has 3 rings (SSSR count). The van der Waals surface area contributed by atoms with Gasteiger partial charge >= 0.3 is 0 Å². The minimum Gasteiger partial charge on any atom is -0.497 e. The van der Waals surface area contributed by atoms with Crippen molar-refractivity contribution < 1.29 is 17.9 Å². The van der Waals surface area contributed by atoms with Crippen LogP contribution in [-0.4, -0.2) is 28.7 Å². The Bertz CT molecular complexity index is 882. The molecule has 1 heterocycles. The molecule has 2 aromatic carbocycles. The predicted molar refractivity (Wildman–Crippen MR) is 96.5 cm³/mol. The number of fused-ring (bicyclic) bond motifs is 1. The minimum atomic E-state index is -3.78. The normalized spacial score (nSPS) is 16.8. The molecule has 0 saturated heterocycles. The van der Waals surface area contributed by atoms with E-state index in [4.69, 9.17) is 9.47 Å². The predicted octanol–water partition coefficient (Wildman–Crippen LogP) is 3.61. The van der Waals surface area contributed by atoms with Crippen LogP contribution in [0.15, 0.2) is 45.8 Å². The van der Waals surface area contributed by atoms with E-state index in [2.05, 4.69) is 15.9 Å². The molecule has 1 aliphatic rings. The van der Waals surface area contributed by atoms with Crippen LogP contribution in [0.25, 0.3) is 0 Å². The lowest BCUT2D eigenvalue weighted by Gasteiger charge is -2.25. The molecular formula is C17H18BrNO4S. The number of methoxy groups -OCH3 is 2. The molecule has 5 nitrogen and oxygen atoms in total. The van der Waals surface area contributed by atoms with Gasteiger partial charge in [0.05, 0.1) is 19.9 Å². The van der Waals surface area contributed by atoms with Crippen molar-refractivity contribution in [1.82, 2.24) is 0 Å². The Morgan fingerprint density at radius 2 is 1.88 bits per heavy atom. The Morgan fingerprint density at radius 3 is 2.54 bits per heavy atom. The summed E-state index contributed by atoms with van der Waals surface area (Å²) in [5, 5.41) is 0. The molecule has 0 aliphatic carbocycles. The summed E-state index contributed by atoms with van der Waals surface area (Å²) in [6.45, 7) is 1.90. The van der Waals surface area contributed by atoms with Crippen LogP contribution in [0.5, 0.6) is 11.5 Å². The van der Waals surface area contributed by atoms with Gasteiger partial charge in [-0.2, -0.15) is 0 Å². The van der Waals surface area contributed by atoms with E-state index < -0.39 is 10.0 Å². The monoisotopic (exact) mass is 411 g/mol. The van der Waals surface area contributed by atoms with E-state index in [1.54, 1.807) is 12.1 Å². The number of nitrogens with zero attached hydrogens (tertiary/aromatic N) is 1. The van der Waals surface area contributed by atoms with Crippen molar-refractivity contribution in [3.05, 3.63) is 46.4 Å². The number of benzene rings is 2. The van der Waals surface area contributed by atoms with Gasteiger partial charge in [-0.05, 0) is 49.2 Å². The summed E-state index contributed by atoms with van der Waals surface area (Å²) in [6, 6.07) is 10.2. The molecule has 128 valence electrons. The quantitative estimate of drug-likeness (QED) is 0.770. The number of hydrogen-bond donors (Lipinski definition) is 0. The van der Waals surface area contributed by atoms with Crippen LogP contribution in [0.1, 0.15) is 12.5 Å². The first kappa shape index (κ1) is 17.1. The molecule has 0 saturated carbocycles. The molecule has 0 bridgehead atoms. The largest absolute Gasteiger partial charge is 0.497 e. The molecule has 0 unspecified atom stereocenters. The van der Waals surface area contributed by atoms with Gasteiger partial charge in [0.2, 0.25) is 0 Å². The lowest BCUT2D eigenvalue weighted by molar-refractivity contribution is 0.392. The van der Waals surface area contributed by atoms with Crippen LogP contribution in [0, 0.1) is 0 Å². The summed E-state index contributed by atoms with van der Waals surface area (Å²) < 4.78 is 39.5. The fourth-order valence-corrected chi connectivity index (χ4v) is 5.31. The maximum absolute atomic E-state index is 13.3. The van der Waals surface area contributed by atoms with Gasteiger partial charge in [-0.1, -0.05) is 15.9 Å². The molecule has 0 amide bonds. The van der Waals surface area contributed by atoms with Gasteiger partial charge in [-0.3, -0.25) is 4.31 Å². The van der Waals surface area contributed by atoms with E-state index in [0.717, 1.165) is 10.0 Å². The van der Waals surface area contributed by atoms with Crippen molar-refractivity contribution in [2.45, 2.75) is 24.3 Å². The van der Waals surface area contributed by atoms with E-state index in [1.165, 1.54) is 24.6 Å². The summed E-state index contributed by atoms with van der Waals surface area (Å²) in [4.78, 5) is 0.104. The average molecular weight is 412 g/mol. The van der Waals surface area contributed by atoms with Crippen LogP contribution in [-0.2, 0) is 16.4 Å². The zero-order chi connectivity index (χ0) is 17.5. The van der Waals surface area contributed by atoms with Gasteiger partial charge in [0, 0.05) is 16.6 Å². The Kier molecular flexibility index (Phi) is 4.48. The number of ether oxygens (including phenoxy) is 2. The van der Waals surface area contributed by atoms with Crippen molar-refractivity contribution in [1.29, 1.82) is 0 Å². The van der Waals surface area contributed by atoms with Gasteiger partial charge in [-0.25, -0.2) is 8.42 Å². The van der Waals surface area contributed by atoms with Gasteiger partial charge in [0.25, 0.3) is 10.0 Å². The molecular weight excluding hydrogens is 394 g/mol. The van der Waals surface area contributed by atoms with E-state index in [9.17, 15) is 8.42 Å². The Balaban J connectivity index is 2.16. The van der Waals surface area contributed by atoms with Crippen molar-refractivity contribution in [3.63, 3.8) is 0 Å². The SMILES string of the molecule is COc1ccc(OC)c(S(=O)(=O)N2c3ccc(Br)cc3C[C@H]2C)c1. The fourth-order valence-electron chi connectivity index (χ4n) is 3.03. The zero-order valence-corrected chi connectivity index (χ0v) is 16.0. The number of hydrogen-bond acceptors (Lipinski definition) is 4. The fraction of sp³-hybridized carbons (Fsp3) is 0.294. The van der Waals surface area contributed by atoms with Crippen molar-refractivity contribution in [2.24, 2.45) is 0 Å². The summed E-state index contributed by atoms with van der Waals surface area (Å²) in [6.07, 6.45) is 0.667. The van der Waals surface area contributed by atoms with Crippen LogP contribution in [0.2, 0.25) is 0 Å². The lowest BCUT2D eigenvalue weighted by atomic mass is 10.1. The summed E-state index contributed by atoms with van der Waals surface area (Å²) in [5.74, 6) is 0.769. The molecule has 24 heavy (non-hydrogen) atoms. The van der Waals surface area contributed by atoms with Crippen molar-refractivity contribution in [3.8, 4) is 11.5 Å². The van der Waals surface area contributed by atoms with Crippen molar-refractivity contribution >= 4 is 31.6 Å². The standard InChI is InChI=1S/C17H18BrNO4S/c1-11-8-12-9-13(18)4-6-15(12)19(11)24(20,21)17-10-14(22-2)5-7-16(17)23-3/h4-7,9-11H,8H2,1-3H3/t11-/m1/s1. The average Bonchev–Trinajstić information content (AvgIpc) is 2.89. The second-order valence-corrected chi connectivity index (χ2v) is 8.34. The first-order chi connectivity index (χ1) is 11.4. The second kappa shape index (κ2) is 6.29. The topological polar surface area (TPSA) is 55.8 Å². The molecule has 0 N–H and O–H groups in total. The third-order valence-electron chi connectivity index (χ3n) is 4.10. The van der Waals surface area contributed by atoms with Crippen LogP contribution >= 0.6 is 15.9 Å². The highest BCUT2D eigenvalue weighted by Crippen LogP contribution is 2.40. The maximum atomic E-state index is 13.3. The Hall–Kier alpha value is -1.73. The Morgan fingerprint density at radius 1 is 1.12 bits per heavy atom. The lowest BCUT2D eigenvalue weighted by Crippen LogP contribution is -2.35. The highest BCUT2D eigenvalue weighted by atomic mass is 79.9. The van der Waals surface area contributed by atoms with E-state index >= 15 is 0 Å². The van der Waals surface area contributed by atoms with E-state index in [1.807, 2.05) is 25.1 Å². The molecule has 0 spiro atoms. The third-order valence-corrected chi connectivity index (χ3v) is 6.54. The summed E-state index contributed by atoms with van der Waals surface area (Å²) in [5.41, 5.74) is 1.71. The molecule has 0 fully saturated rings. The highest BCUT2D eigenvalue weighted by molar-refractivity contribution is 9.10. The number of anilines is 1. The molecule has 1 aliphatic heterocycles. The Labute approximate surface area is 150 Å². The van der Waals surface area contributed by atoms with Gasteiger partial charge in [-0.15, -0.1) is 0 Å². The zero-order valence-electron chi connectivity index (χ0n) is 13.6. The summed E-state index contributed by atoms with van der Waals surface area (Å²) >= 11 is 3.44. The van der Waals surface area contributed by atoms with E-state index in [-0.39, 0.29) is 10.9 Å². The van der Waals surface area contributed by atoms with Crippen LogP contribution in [0.3, 0.4) is 0 Å². The smallest absolute Gasteiger partial charge is 0.268 e. The molecule has 7 heteroatoms. The second-order valence-electron chi connectivity index (χ2n) is 5.64. The number of rotatable bonds is 4. The highest BCUT2D eigenvalue weighted by Gasteiger charge is 2.37. The molecule has 1 atom stereocenters. The third kappa shape index (κ3) is 2.75. The summed E-state index contributed by atoms with van der Waals surface area (Å²) in [7, 11) is -0.815. The molecule has 2 aromatic rings. The van der Waals surface area contributed by atoms with E-state index in [0.29, 0.717) is 23.6 Å². The molecule has 0 radical (unpaired) electrons. The minimum absolute atomic E-state index is 0.104. The van der Waals surface area contributed by atoms with Crippen LogP contribution < -0.4 is 13.8 Å². The van der Waals surface area contributed by atoms with Gasteiger partial charge in [0.15, 0.2) is 0 Å². The molecule has 0 aromatic heterocycles. The number of halogens is 1. The van der Waals surface area contributed by atoms with Crippen molar-refractivity contribution in [2.75, 3.05) is 18.5 Å². The first-order valence-electron chi connectivity index (χ1n) is 7.43. The number of sulfonamides is 1. The maximum Gasteiger partial charge on any atom is 0.268 e. The van der Waals surface area contributed by atoms with Gasteiger partial charge in [0.1, 0.15) is 16.4 Å².